The molecule has 4 fully saturated rings. The topological polar surface area (TPSA) is 104 Å². The zero-order valence-corrected chi connectivity index (χ0v) is 28.4. The molecule has 3 N–H and O–H groups in total. The number of phenols is 1. The second-order valence-electron chi connectivity index (χ2n) is 17.6. The van der Waals surface area contributed by atoms with Gasteiger partial charge in [-0.05, 0) is 121 Å². The van der Waals surface area contributed by atoms with Crippen molar-refractivity contribution < 1.29 is 29.6 Å². The zero-order valence-electron chi connectivity index (χ0n) is 28.4. The predicted octanol–water partition coefficient (Wildman–Crippen LogP) is 8.17. The van der Waals surface area contributed by atoms with Crippen LogP contribution in [0.1, 0.15) is 112 Å². The van der Waals surface area contributed by atoms with Crippen LogP contribution >= 0.6 is 0 Å². The Balaban J connectivity index is 1.29. The molecule has 1 aromatic rings. The summed E-state index contributed by atoms with van der Waals surface area (Å²) in [5, 5.41) is 31.9. The number of carbonyl (C=O) groups is 2. The smallest absolute Gasteiger partial charge is 0.331 e. The summed E-state index contributed by atoms with van der Waals surface area (Å²) in [6, 6.07) is 6.62. The molecule has 5 aliphatic carbocycles. The number of fused-ring (bicyclic) bond motifs is 7. The fourth-order valence-electron chi connectivity index (χ4n) is 11.9. The van der Waals surface area contributed by atoms with Crippen molar-refractivity contribution in [1.82, 2.24) is 0 Å². The summed E-state index contributed by atoms with van der Waals surface area (Å²) in [6.07, 6.45) is 12.0. The highest BCUT2D eigenvalue weighted by Gasteiger charge is 2.70. The average Bonchev–Trinajstić information content (AvgIpc) is 2.94. The largest absolute Gasteiger partial charge is 0.508 e. The Hall–Kier alpha value is -2.60. The fraction of sp³-hybridized carbons (Fsp3) is 0.692. The maximum absolute atomic E-state index is 13.0. The van der Waals surface area contributed by atoms with Gasteiger partial charge in [-0.15, -0.1) is 0 Å². The Morgan fingerprint density at radius 2 is 1.56 bits per heavy atom. The third-order valence-corrected chi connectivity index (χ3v) is 14.5. The van der Waals surface area contributed by atoms with Crippen LogP contribution < -0.4 is 0 Å². The lowest BCUT2D eigenvalue weighted by molar-refractivity contribution is -0.238. The third kappa shape index (κ3) is 4.74. The molecule has 0 radical (unpaired) electrons. The molecule has 0 aliphatic heterocycles. The molecule has 6 rings (SSSR count). The number of aromatic hydroxyl groups is 1. The van der Waals surface area contributed by atoms with E-state index >= 15 is 0 Å². The standard InChI is InChI=1S/C39H54O6/c1-34(2)18-20-39(33(43)44)21-19-37(6)26(27(39)22-34)13-14-30-36(5)23-28(41)32(35(3,4)29(36)16-17-38(30,37)7)45-31(42)15-10-24-8-11-25(40)12-9-24/h8-13,15,27-30,32,40-41H,14,16-23H2,1-7H3,(H,43,44)/b15-10-/t27?,28-,29?,30?,32+,36+,37-,38-,39+/m1/s1. The maximum atomic E-state index is 13.0. The molecular weight excluding hydrogens is 564 g/mol. The van der Waals surface area contributed by atoms with Crippen molar-refractivity contribution in [3.63, 3.8) is 0 Å². The predicted molar refractivity (Wildman–Crippen MR) is 175 cm³/mol. The molecule has 0 amide bonds. The van der Waals surface area contributed by atoms with Gasteiger partial charge >= 0.3 is 11.9 Å². The second-order valence-corrected chi connectivity index (χ2v) is 17.6. The van der Waals surface area contributed by atoms with Gasteiger partial charge < -0.3 is 20.1 Å². The fourth-order valence-corrected chi connectivity index (χ4v) is 11.9. The van der Waals surface area contributed by atoms with Gasteiger partial charge in [0.05, 0.1) is 11.5 Å². The van der Waals surface area contributed by atoms with E-state index < -0.39 is 35.0 Å². The molecule has 246 valence electrons. The molecule has 0 heterocycles. The lowest BCUT2D eigenvalue weighted by Crippen LogP contribution is -2.67. The number of hydrogen-bond acceptors (Lipinski definition) is 5. The first-order valence-electron chi connectivity index (χ1n) is 17.2. The van der Waals surface area contributed by atoms with Gasteiger partial charge in [-0.25, -0.2) is 4.79 Å². The van der Waals surface area contributed by atoms with Gasteiger partial charge in [0.25, 0.3) is 0 Å². The van der Waals surface area contributed by atoms with Gasteiger partial charge in [-0.2, -0.15) is 0 Å². The van der Waals surface area contributed by atoms with E-state index in [0.717, 1.165) is 56.9 Å². The number of aliphatic hydroxyl groups excluding tert-OH is 1. The van der Waals surface area contributed by atoms with Gasteiger partial charge in [0.2, 0.25) is 0 Å². The summed E-state index contributed by atoms with van der Waals surface area (Å²) in [5.41, 5.74) is 0.991. The van der Waals surface area contributed by atoms with Crippen LogP contribution in [-0.4, -0.2) is 39.5 Å². The van der Waals surface area contributed by atoms with Crippen LogP contribution in [-0.2, 0) is 14.3 Å². The number of aliphatic hydroxyl groups is 1. The molecule has 5 aliphatic rings. The van der Waals surface area contributed by atoms with Crippen molar-refractivity contribution in [3.8, 4) is 5.75 Å². The lowest BCUT2D eigenvalue weighted by Gasteiger charge is -2.71. The molecule has 6 nitrogen and oxygen atoms in total. The molecule has 0 saturated heterocycles. The summed E-state index contributed by atoms with van der Waals surface area (Å²) in [6.45, 7) is 16.3. The Kier molecular flexibility index (Phi) is 7.51. The Morgan fingerprint density at radius 3 is 2.22 bits per heavy atom. The van der Waals surface area contributed by atoms with Crippen LogP contribution in [0.25, 0.3) is 6.08 Å². The third-order valence-electron chi connectivity index (χ3n) is 14.5. The number of aliphatic carboxylic acids is 1. The minimum absolute atomic E-state index is 0.0131. The van der Waals surface area contributed by atoms with Crippen molar-refractivity contribution in [2.75, 3.05) is 0 Å². The van der Waals surface area contributed by atoms with Crippen molar-refractivity contribution in [1.29, 1.82) is 0 Å². The molecule has 6 heteroatoms. The van der Waals surface area contributed by atoms with Crippen LogP contribution in [0, 0.1) is 50.2 Å². The highest BCUT2D eigenvalue weighted by molar-refractivity contribution is 5.87. The number of esters is 1. The van der Waals surface area contributed by atoms with Crippen molar-refractivity contribution in [2.45, 2.75) is 118 Å². The van der Waals surface area contributed by atoms with Crippen molar-refractivity contribution in [3.05, 3.63) is 47.6 Å². The number of carboxylic acids is 1. The van der Waals surface area contributed by atoms with Crippen LogP contribution in [0.2, 0.25) is 0 Å². The number of allylic oxidation sites excluding steroid dienone is 2. The van der Waals surface area contributed by atoms with E-state index in [1.54, 1.807) is 30.3 Å². The second kappa shape index (κ2) is 10.5. The number of carbonyl (C=O) groups excluding carboxylic acids is 1. The number of hydrogen-bond donors (Lipinski definition) is 3. The number of rotatable bonds is 4. The van der Waals surface area contributed by atoms with Crippen molar-refractivity contribution in [2.24, 2.45) is 50.2 Å². The molecule has 0 bridgehead atoms. The Bertz CT molecular complexity index is 1420. The highest BCUT2D eigenvalue weighted by atomic mass is 16.6. The monoisotopic (exact) mass is 618 g/mol. The molecule has 4 saturated carbocycles. The molecule has 9 atom stereocenters. The molecule has 0 spiro atoms. The van der Waals surface area contributed by atoms with E-state index in [0.29, 0.717) is 12.3 Å². The molecular formula is C39H54O6. The van der Waals surface area contributed by atoms with Crippen LogP contribution in [0.4, 0.5) is 0 Å². The normalized spacial score (nSPS) is 43.2. The average molecular weight is 619 g/mol. The SMILES string of the molecule is CC1(C)CC[C@]2(C(=O)O)CC[C@]3(C)C(=CCC4[C@@]5(C)C[C@@H](O)[C@H](OC(=O)/C=C\c6ccc(O)cc6)C(C)(C)C5CC[C@]43C)C2C1. The molecule has 1 aromatic carbocycles. The minimum Gasteiger partial charge on any atom is -0.508 e. The number of phenolic OH excluding ortho intramolecular Hbond substituents is 1. The summed E-state index contributed by atoms with van der Waals surface area (Å²) < 4.78 is 6.04. The lowest BCUT2D eigenvalue weighted by atomic mass is 9.33. The van der Waals surface area contributed by atoms with Gasteiger partial charge in [-0.3, -0.25) is 4.79 Å². The van der Waals surface area contributed by atoms with Crippen LogP contribution in [0.5, 0.6) is 5.75 Å². The zero-order chi connectivity index (χ0) is 32.8. The van der Waals surface area contributed by atoms with Crippen LogP contribution in [0.15, 0.2) is 42.0 Å². The van der Waals surface area contributed by atoms with Gasteiger partial charge in [0, 0.05) is 11.5 Å². The van der Waals surface area contributed by atoms with E-state index in [-0.39, 0.29) is 39.2 Å². The Labute approximate surface area is 269 Å². The number of ether oxygens (including phenoxy) is 1. The maximum Gasteiger partial charge on any atom is 0.331 e. The Morgan fingerprint density at radius 1 is 0.889 bits per heavy atom. The number of benzene rings is 1. The van der Waals surface area contributed by atoms with E-state index in [2.05, 4.69) is 54.5 Å². The molecule has 45 heavy (non-hydrogen) atoms. The van der Waals surface area contributed by atoms with E-state index in [9.17, 15) is 24.9 Å². The van der Waals surface area contributed by atoms with E-state index in [4.69, 9.17) is 4.74 Å². The van der Waals surface area contributed by atoms with E-state index in [1.165, 1.54) is 11.6 Å². The van der Waals surface area contributed by atoms with Gasteiger partial charge in [0.1, 0.15) is 11.9 Å². The summed E-state index contributed by atoms with van der Waals surface area (Å²) in [5.74, 6) is -0.230. The van der Waals surface area contributed by atoms with Gasteiger partial charge in [-0.1, -0.05) is 72.2 Å². The summed E-state index contributed by atoms with van der Waals surface area (Å²) in [4.78, 5) is 26.0. The summed E-state index contributed by atoms with van der Waals surface area (Å²) >= 11 is 0. The number of carboxylic acid groups (broad SMARTS) is 1. The molecule has 3 unspecified atom stereocenters. The minimum atomic E-state index is -0.780. The van der Waals surface area contributed by atoms with Crippen LogP contribution in [0.3, 0.4) is 0 Å². The first kappa shape index (κ1) is 32.3. The first-order valence-corrected chi connectivity index (χ1v) is 17.2. The molecule has 0 aromatic heterocycles. The summed E-state index contributed by atoms with van der Waals surface area (Å²) in [7, 11) is 0. The highest BCUT2D eigenvalue weighted by Crippen LogP contribution is 2.75. The van der Waals surface area contributed by atoms with Crippen molar-refractivity contribution >= 4 is 18.0 Å². The van der Waals surface area contributed by atoms with Gasteiger partial charge in [0.15, 0.2) is 0 Å². The van der Waals surface area contributed by atoms with E-state index in [1.807, 2.05) is 0 Å². The first-order chi connectivity index (χ1) is 20.9. The quantitative estimate of drug-likeness (QED) is 0.179.